The Hall–Kier alpha value is -2.45. The van der Waals surface area contributed by atoms with Crippen molar-refractivity contribution < 1.29 is 28.0 Å². The molecular formula is C10H10F2N2O5. The molecule has 104 valence electrons. The first-order valence-electron chi connectivity index (χ1n) is 5.06. The van der Waals surface area contributed by atoms with Crippen molar-refractivity contribution in [1.82, 2.24) is 0 Å². The lowest BCUT2D eigenvalue weighted by Crippen LogP contribution is -2.12. The second-order valence-electron chi connectivity index (χ2n) is 3.26. The number of nitrogen functional groups attached to an aromatic ring is 1. The van der Waals surface area contributed by atoms with Crippen LogP contribution < -0.4 is 10.5 Å². The molecule has 0 aliphatic rings. The van der Waals surface area contributed by atoms with Gasteiger partial charge in [-0.1, -0.05) is 0 Å². The van der Waals surface area contributed by atoms with Crippen LogP contribution in [0.3, 0.4) is 0 Å². The van der Waals surface area contributed by atoms with Crippen LogP contribution in [-0.2, 0) is 4.74 Å². The van der Waals surface area contributed by atoms with Gasteiger partial charge < -0.3 is 15.2 Å². The number of carbonyl (C=O) groups excluding carboxylic acids is 1. The lowest BCUT2D eigenvalue weighted by atomic mass is 10.1. The number of halogens is 2. The lowest BCUT2D eigenvalue weighted by molar-refractivity contribution is -0.385. The third-order valence-corrected chi connectivity index (χ3v) is 2.05. The molecule has 9 heteroatoms. The van der Waals surface area contributed by atoms with E-state index in [-0.39, 0.29) is 6.61 Å². The van der Waals surface area contributed by atoms with Gasteiger partial charge in [-0.25, -0.2) is 4.79 Å². The highest BCUT2D eigenvalue weighted by atomic mass is 19.3. The summed E-state index contributed by atoms with van der Waals surface area (Å²) >= 11 is 0. The molecule has 1 aromatic rings. The van der Waals surface area contributed by atoms with Gasteiger partial charge in [0.05, 0.1) is 28.8 Å². The molecule has 1 aromatic carbocycles. The number of anilines is 1. The van der Waals surface area contributed by atoms with Crippen molar-refractivity contribution in [2.75, 3.05) is 12.3 Å². The van der Waals surface area contributed by atoms with Gasteiger partial charge in [-0.15, -0.1) is 0 Å². The molecule has 2 N–H and O–H groups in total. The Bertz CT molecular complexity index is 507. The Kier molecular flexibility index (Phi) is 4.56. The molecule has 7 nitrogen and oxygen atoms in total. The first-order valence-corrected chi connectivity index (χ1v) is 5.06. The monoisotopic (exact) mass is 276 g/mol. The summed E-state index contributed by atoms with van der Waals surface area (Å²) in [5.74, 6) is -1.60. The molecular weight excluding hydrogens is 266 g/mol. The van der Waals surface area contributed by atoms with Crippen LogP contribution in [-0.4, -0.2) is 24.1 Å². The third kappa shape index (κ3) is 3.50. The molecule has 0 spiro atoms. The smallest absolute Gasteiger partial charge is 0.387 e. The summed E-state index contributed by atoms with van der Waals surface area (Å²) in [6.07, 6.45) is 0. The SMILES string of the molecule is CCOC(=O)c1cc([N+](=O)[O-])cc(OC(F)F)c1N. The van der Waals surface area contributed by atoms with E-state index in [9.17, 15) is 23.7 Å². The summed E-state index contributed by atoms with van der Waals surface area (Å²) < 4.78 is 33.0. The van der Waals surface area contributed by atoms with Gasteiger partial charge in [-0.05, 0) is 6.92 Å². The Morgan fingerprint density at radius 2 is 2.16 bits per heavy atom. The molecule has 0 saturated heterocycles. The minimum Gasteiger partial charge on any atom is -0.462 e. The summed E-state index contributed by atoms with van der Waals surface area (Å²) in [7, 11) is 0. The van der Waals surface area contributed by atoms with Gasteiger partial charge in [0.25, 0.3) is 5.69 Å². The average molecular weight is 276 g/mol. The number of esters is 1. The zero-order valence-corrected chi connectivity index (χ0v) is 9.76. The van der Waals surface area contributed by atoms with Crippen LogP contribution in [0.15, 0.2) is 12.1 Å². The van der Waals surface area contributed by atoms with E-state index in [0.717, 1.165) is 6.07 Å². The summed E-state index contributed by atoms with van der Waals surface area (Å²) in [6.45, 7) is -1.70. The standard InChI is InChI=1S/C10H10F2N2O5/c1-2-18-9(15)6-3-5(14(16)17)4-7(8(6)13)19-10(11)12/h3-4,10H,2,13H2,1H3. The molecule has 0 aliphatic heterocycles. The summed E-state index contributed by atoms with van der Waals surface area (Å²) in [5.41, 5.74) is 4.01. The van der Waals surface area contributed by atoms with Gasteiger partial charge in [-0.2, -0.15) is 8.78 Å². The quantitative estimate of drug-likeness (QED) is 0.381. The van der Waals surface area contributed by atoms with E-state index in [1.54, 1.807) is 0 Å². The zero-order valence-electron chi connectivity index (χ0n) is 9.76. The van der Waals surface area contributed by atoms with E-state index < -0.39 is 40.2 Å². The minimum atomic E-state index is -3.22. The molecule has 0 amide bonds. The van der Waals surface area contributed by atoms with E-state index in [1.807, 2.05) is 0 Å². The molecule has 0 radical (unpaired) electrons. The molecule has 0 aliphatic carbocycles. The number of nitrogens with zero attached hydrogens (tertiary/aromatic N) is 1. The van der Waals surface area contributed by atoms with Gasteiger partial charge in [0.15, 0.2) is 5.75 Å². The number of rotatable bonds is 5. The number of benzene rings is 1. The Morgan fingerprint density at radius 1 is 1.53 bits per heavy atom. The zero-order chi connectivity index (χ0) is 14.6. The van der Waals surface area contributed by atoms with Crippen molar-refractivity contribution in [3.63, 3.8) is 0 Å². The van der Waals surface area contributed by atoms with Crippen LogP contribution in [0.2, 0.25) is 0 Å². The Balaban J connectivity index is 3.32. The molecule has 0 aromatic heterocycles. The predicted octanol–water partition coefficient (Wildman–Crippen LogP) is 1.96. The maximum atomic E-state index is 12.2. The number of ether oxygens (including phenoxy) is 2. The van der Waals surface area contributed by atoms with Gasteiger partial charge in [0.2, 0.25) is 0 Å². The highest BCUT2D eigenvalue weighted by Crippen LogP contribution is 2.32. The number of carbonyl (C=O) groups is 1. The molecule has 0 heterocycles. The second-order valence-corrected chi connectivity index (χ2v) is 3.26. The van der Waals surface area contributed by atoms with E-state index in [0.29, 0.717) is 6.07 Å². The second kappa shape index (κ2) is 5.94. The molecule has 0 bridgehead atoms. The number of alkyl halides is 2. The van der Waals surface area contributed by atoms with Crippen LogP contribution in [0.4, 0.5) is 20.2 Å². The maximum absolute atomic E-state index is 12.2. The summed E-state index contributed by atoms with van der Waals surface area (Å²) in [4.78, 5) is 21.3. The minimum absolute atomic E-state index is 0.00596. The molecule has 0 saturated carbocycles. The molecule has 0 unspecified atom stereocenters. The van der Waals surface area contributed by atoms with Crippen LogP contribution >= 0.6 is 0 Å². The molecule has 19 heavy (non-hydrogen) atoms. The van der Waals surface area contributed by atoms with Crippen molar-refractivity contribution >= 4 is 17.3 Å². The molecule has 0 atom stereocenters. The van der Waals surface area contributed by atoms with Crippen molar-refractivity contribution in [2.45, 2.75) is 13.5 Å². The van der Waals surface area contributed by atoms with Crippen LogP contribution in [0, 0.1) is 10.1 Å². The van der Waals surface area contributed by atoms with Crippen molar-refractivity contribution in [3.05, 3.63) is 27.8 Å². The van der Waals surface area contributed by atoms with Gasteiger partial charge in [0, 0.05) is 6.07 Å². The normalized spacial score (nSPS) is 10.3. The number of non-ortho nitro benzene ring substituents is 1. The number of nitro benzene ring substituents is 1. The Morgan fingerprint density at radius 3 is 2.63 bits per heavy atom. The average Bonchev–Trinajstić information content (AvgIpc) is 2.31. The van der Waals surface area contributed by atoms with Crippen LogP contribution in [0.25, 0.3) is 0 Å². The van der Waals surface area contributed by atoms with E-state index in [2.05, 4.69) is 9.47 Å². The maximum Gasteiger partial charge on any atom is 0.387 e. The number of nitro groups is 1. The number of hydrogen-bond acceptors (Lipinski definition) is 6. The van der Waals surface area contributed by atoms with Crippen LogP contribution in [0.5, 0.6) is 5.75 Å². The van der Waals surface area contributed by atoms with Gasteiger partial charge >= 0.3 is 12.6 Å². The first-order chi connectivity index (χ1) is 8.86. The highest BCUT2D eigenvalue weighted by molar-refractivity contribution is 5.97. The highest BCUT2D eigenvalue weighted by Gasteiger charge is 2.22. The number of hydrogen-bond donors (Lipinski definition) is 1. The van der Waals surface area contributed by atoms with Crippen LogP contribution in [0.1, 0.15) is 17.3 Å². The van der Waals surface area contributed by atoms with E-state index >= 15 is 0 Å². The van der Waals surface area contributed by atoms with Gasteiger partial charge in [-0.3, -0.25) is 10.1 Å². The fourth-order valence-corrected chi connectivity index (χ4v) is 1.29. The summed E-state index contributed by atoms with van der Waals surface area (Å²) in [5, 5.41) is 10.7. The number of nitrogens with two attached hydrogens (primary N) is 1. The lowest BCUT2D eigenvalue weighted by Gasteiger charge is -2.11. The Labute approximate surface area is 106 Å². The fraction of sp³-hybridized carbons (Fsp3) is 0.300. The van der Waals surface area contributed by atoms with Crippen molar-refractivity contribution in [1.29, 1.82) is 0 Å². The van der Waals surface area contributed by atoms with Gasteiger partial charge in [0.1, 0.15) is 0 Å². The first kappa shape index (κ1) is 14.6. The van der Waals surface area contributed by atoms with Crippen molar-refractivity contribution in [3.8, 4) is 5.75 Å². The van der Waals surface area contributed by atoms with Crippen molar-refractivity contribution in [2.24, 2.45) is 0 Å². The van der Waals surface area contributed by atoms with E-state index in [1.165, 1.54) is 6.92 Å². The third-order valence-electron chi connectivity index (χ3n) is 2.05. The predicted molar refractivity (Wildman–Crippen MR) is 60.1 cm³/mol. The molecule has 0 fully saturated rings. The summed E-state index contributed by atoms with van der Waals surface area (Å²) in [6, 6.07) is 1.55. The topological polar surface area (TPSA) is 105 Å². The molecule has 1 rings (SSSR count). The van der Waals surface area contributed by atoms with E-state index in [4.69, 9.17) is 5.73 Å². The largest absolute Gasteiger partial charge is 0.462 e. The fourth-order valence-electron chi connectivity index (χ4n) is 1.29.